The zero-order valence-corrected chi connectivity index (χ0v) is 21.3. The van der Waals surface area contributed by atoms with Crippen molar-refractivity contribution in [2.45, 2.75) is 26.1 Å². The number of carbonyl (C=O) groups is 3. The highest BCUT2D eigenvalue weighted by atomic mass is 32.1. The van der Waals surface area contributed by atoms with Crippen LogP contribution in [0.4, 0.5) is 10.5 Å². The molecule has 1 atom stereocenters. The Kier molecular flexibility index (Phi) is 8.34. The Hall–Kier alpha value is -3.28. The van der Waals surface area contributed by atoms with Crippen LogP contribution in [0, 0.1) is 5.41 Å². The van der Waals surface area contributed by atoms with E-state index in [1.54, 1.807) is 41.3 Å². The molecule has 2 saturated heterocycles. The predicted octanol–water partition coefficient (Wildman–Crippen LogP) is 2.40. The number of amidine groups is 1. The number of piperazine rings is 1. The molecule has 2 aliphatic rings. The number of thiophene rings is 1. The molecule has 1 aromatic carbocycles. The molecule has 1 unspecified atom stereocenters. The van der Waals surface area contributed by atoms with E-state index >= 15 is 0 Å². The van der Waals surface area contributed by atoms with Crippen molar-refractivity contribution in [2.24, 2.45) is 0 Å². The van der Waals surface area contributed by atoms with E-state index in [4.69, 9.17) is 14.9 Å². The van der Waals surface area contributed by atoms with E-state index in [0.29, 0.717) is 35.8 Å². The average Bonchev–Trinajstić information content (AvgIpc) is 3.50. The highest BCUT2D eigenvalue weighted by Gasteiger charge is 2.34. The lowest BCUT2D eigenvalue weighted by Gasteiger charge is -2.34. The highest BCUT2D eigenvalue weighted by molar-refractivity contribution is 7.12. The van der Waals surface area contributed by atoms with Gasteiger partial charge in [0.15, 0.2) is 0 Å². The molecule has 0 bridgehead atoms. The fraction of sp³-hybridized carbons (Fsp3) is 0.440. The topological polar surface area (TPSA) is 115 Å². The second kappa shape index (κ2) is 11.6. The number of rotatable bonds is 8. The molecule has 0 saturated carbocycles. The lowest BCUT2D eigenvalue weighted by Crippen LogP contribution is -2.50. The van der Waals surface area contributed by atoms with Crippen molar-refractivity contribution in [1.29, 1.82) is 5.41 Å². The van der Waals surface area contributed by atoms with E-state index in [1.807, 2.05) is 19.2 Å². The van der Waals surface area contributed by atoms with Crippen molar-refractivity contribution in [3.63, 3.8) is 0 Å². The normalized spacial score (nSPS) is 18.8. The molecule has 192 valence electrons. The van der Waals surface area contributed by atoms with E-state index in [2.05, 4.69) is 15.1 Å². The summed E-state index contributed by atoms with van der Waals surface area (Å²) >= 11 is 1.31. The number of cyclic esters (lactones) is 1. The second-order valence-electron chi connectivity index (χ2n) is 9.09. The minimum absolute atomic E-state index is 0.00145. The predicted molar refractivity (Wildman–Crippen MR) is 137 cm³/mol. The van der Waals surface area contributed by atoms with Crippen LogP contribution in [0.1, 0.15) is 29.1 Å². The largest absolute Gasteiger partial charge is 0.462 e. The molecule has 2 N–H and O–H groups in total. The van der Waals surface area contributed by atoms with E-state index in [9.17, 15) is 14.4 Å². The summed E-state index contributed by atoms with van der Waals surface area (Å²) in [6.45, 7) is 8.14. The number of carbonyl (C=O) groups excluding carboxylic acids is 3. The molecule has 0 radical (unpaired) electrons. The number of nitrogens with one attached hydrogen (secondary N) is 2. The summed E-state index contributed by atoms with van der Waals surface area (Å²) in [5.74, 6) is -0.523. The first-order chi connectivity index (χ1) is 17.3. The summed E-state index contributed by atoms with van der Waals surface area (Å²) in [5, 5.41) is 12.6. The highest BCUT2D eigenvalue weighted by Crippen LogP contribution is 2.23. The van der Waals surface area contributed by atoms with Gasteiger partial charge in [-0.25, -0.2) is 4.79 Å². The molecule has 0 aliphatic carbocycles. The van der Waals surface area contributed by atoms with Gasteiger partial charge in [-0.2, -0.15) is 0 Å². The number of amides is 2. The molecule has 2 aromatic rings. The smallest absolute Gasteiger partial charge is 0.414 e. The Labute approximate surface area is 214 Å². The Morgan fingerprint density at radius 3 is 2.47 bits per heavy atom. The molecule has 0 spiro atoms. The molecule has 3 heterocycles. The number of anilines is 1. The lowest BCUT2D eigenvalue weighted by molar-refractivity contribution is -0.149. The van der Waals surface area contributed by atoms with Crippen molar-refractivity contribution in [2.75, 3.05) is 50.7 Å². The van der Waals surface area contributed by atoms with Crippen LogP contribution in [0.15, 0.2) is 41.8 Å². The minimum atomic E-state index is -0.399. The molecule has 2 amide bonds. The first kappa shape index (κ1) is 25.8. The second-order valence-corrected chi connectivity index (χ2v) is 10.0. The van der Waals surface area contributed by atoms with Gasteiger partial charge in [0.1, 0.15) is 11.9 Å². The van der Waals surface area contributed by atoms with Gasteiger partial charge in [-0.05, 0) is 49.6 Å². The van der Waals surface area contributed by atoms with Crippen molar-refractivity contribution in [3.05, 3.63) is 52.2 Å². The molecule has 10 nitrogen and oxygen atoms in total. The Morgan fingerprint density at radius 1 is 1.14 bits per heavy atom. The fourth-order valence-corrected chi connectivity index (χ4v) is 4.81. The van der Waals surface area contributed by atoms with E-state index < -0.39 is 6.09 Å². The number of esters is 1. The maximum Gasteiger partial charge on any atom is 0.414 e. The van der Waals surface area contributed by atoms with Gasteiger partial charge in [-0.3, -0.25) is 29.7 Å². The van der Waals surface area contributed by atoms with E-state index in [1.165, 1.54) is 11.3 Å². The zero-order chi connectivity index (χ0) is 25.7. The van der Waals surface area contributed by atoms with Gasteiger partial charge in [-0.1, -0.05) is 6.07 Å². The monoisotopic (exact) mass is 513 g/mol. The Balaban J connectivity index is 1.24. The third kappa shape index (κ3) is 6.68. The maximum atomic E-state index is 12.5. The first-order valence-corrected chi connectivity index (χ1v) is 12.8. The van der Waals surface area contributed by atoms with Gasteiger partial charge in [0, 0.05) is 44.0 Å². The number of nitrogens with zero attached hydrogens (tertiary/aromatic N) is 3. The third-order valence-electron chi connectivity index (χ3n) is 5.97. The molecule has 2 aliphatic heterocycles. The third-order valence-corrected chi connectivity index (χ3v) is 6.84. The summed E-state index contributed by atoms with van der Waals surface area (Å²) in [6.07, 6.45) is -0.763. The van der Waals surface area contributed by atoms with Crippen molar-refractivity contribution < 1.29 is 23.9 Å². The van der Waals surface area contributed by atoms with Crippen LogP contribution in [0.25, 0.3) is 0 Å². The maximum absolute atomic E-state index is 12.5. The fourth-order valence-electron chi connectivity index (χ4n) is 4.19. The molecule has 2 fully saturated rings. The van der Waals surface area contributed by atoms with Gasteiger partial charge in [-0.15, -0.1) is 11.3 Å². The number of ether oxygens (including phenoxy) is 2. The standard InChI is InChI=1S/C25H31N5O5S/c1-17(2)34-22(31)16-29-11-9-28(10-12-29)14-20-15-30(25(33)35-20)19-7-5-18(6-8-19)23(26)27-24(32)21-4-3-13-36-21/h3-8,13,17,20H,9-12,14-16H2,1-2H3,(H2,26,27,32). The Bertz CT molecular complexity index is 1080. The number of hydrogen-bond acceptors (Lipinski definition) is 9. The van der Waals surface area contributed by atoms with Gasteiger partial charge >= 0.3 is 12.1 Å². The van der Waals surface area contributed by atoms with E-state index in [0.717, 1.165) is 26.2 Å². The van der Waals surface area contributed by atoms with Crippen LogP contribution in [-0.2, 0) is 14.3 Å². The van der Waals surface area contributed by atoms with Gasteiger partial charge < -0.3 is 14.8 Å². The SMILES string of the molecule is CC(C)OC(=O)CN1CCN(CC2CN(c3ccc(C(=N)NC(=O)c4cccs4)cc3)C(=O)O2)CC1. The van der Waals surface area contributed by atoms with E-state index in [-0.39, 0.29) is 29.9 Å². The summed E-state index contributed by atoms with van der Waals surface area (Å²) in [6, 6.07) is 10.4. The minimum Gasteiger partial charge on any atom is -0.462 e. The summed E-state index contributed by atoms with van der Waals surface area (Å²) in [7, 11) is 0. The quantitative estimate of drug-likeness (QED) is 0.316. The van der Waals surface area contributed by atoms with Crippen LogP contribution >= 0.6 is 11.3 Å². The van der Waals surface area contributed by atoms with Crippen molar-refractivity contribution in [3.8, 4) is 0 Å². The van der Waals surface area contributed by atoms with Crippen LogP contribution < -0.4 is 10.2 Å². The molecule has 36 heavy (non-hydrogen) atoms. The summed E-state index contributed by atoms with van der Waals surface area (Å²) in [4.78, 5) is 43.0. The zero-order valence-electron chi connectivity index (χ0n) is 20.4. The van der Waals surface area contributed by atoms with Gasteiger partial charge in [0.05, 0.1) is 24.1 Å². The first-order valence-electron chi connectivity index (χ1n) is 11.9. The number of hydrogen-bond donors (Lipinski definition) is 2. The summed E-state index contributed by atoms with van der Waals surface area (Å²) in [5.41, 5.74) is 1.22. The van der Waals surface area contributed by atoms with Crippen LogP contribution in [-0.4, -0.2) is 91.6 Å². The molecular weight excluding hydrogens is 482 g/mol. The van der Waals surface area contributed by atoms with Crippen LogP contribution in [0.5, 0.6) is 0 Å². The number of benzene rings is 1. The average molecular weight is 514 g/mol. The lowest BCUT2D eigenvalue weighted by atomic mass is 10.1. The molecule has 4 rings (SSSR count). The van der Waals surface area contributed by atoms with Crippen LogP contribution in [0.2, 0.25) is 0 Å². The van der Waals surface area contributed by atoms with Gasteiger partial charge in [0.2, 0.25) is 0 Å². The van der Waals surface area contributed by atoms with Crippen molar-refractivity contribution in [1.82, 2.24) is 15.1 Å². The van der Waals surface area contributed by atoms with Crippen LogP contribution in [0.3, 0.4) is 0 Å². The summed E-state index contributed by atoms with van der Waals surface area (Å²) < 4.78 is 10.8. The van der Waals surface area contributed by atoms with Gasteiger partial charge in [0.25, 0.3) is 5.91 Å². The molecule has 1 aromatic heterocycles. The molecule has 11 heteroatoms. The molecular formula is C25H31N5O5S. The van der Waals surface area contributed by atoms with Crippen molar-refractivity contribution >= 4 is 40.8 Å². The Morgan fingerprint density at radius 2 is 1.83 bits per heavy atom.